The molecule has 1 N–H and O–H groups in total. The van der Waals surface area contributed by atoms with Crippen LogP contribution in [0.5, 0.6) is 0 Å². The predicted molar refractivity (Wildman–Crippen MR) is 142 cm³/mol. The molecule has 0 aromatic heterocycles. The van der Waals surface area contributed by atoms with E-state index in [1.807, 2.05) is 19.1 Å². The summed E-state index contributed by atoms with van der Waals surface area (Å²) in [5.74, 6) is -0.475. The zero-order valence-corrected chi connectivity index (χ0v) is 22.9. The first-order valence-corrected chi connectivity index (χ1v) is 14.1. The van der Waals surface area contributed by atoms with Gasteiger partial charge in [-0.25, -0.2) is 8.42 Å². The highest BCUT2D eigenvalue weighted by molar-refractivity contribution is 7.92. The van der Waals surface area contributed by atoms with E-state index in [4.69, 9.17) is 23.2 Å². The Morgan fingerprint density at radius 3 is 2.34 bits per heavy atom. The lowest BCUT2D eigenvalue weighted by Gasteiger charge is -2.29. The second-order valence-electron chi connectivity index (χ2n) is 8.44. The SMILES string of the molecule is CCCNC(=O)C(C)N(Cc1ccc(Cl)cc1)C(=O)CCCN(c1cccc(Cl)c1C)S(C)(=O)=O. The normalized spacial score (nSPS) is 12.2. The molecule has 7 nitrogen and oxygen atoms in total. The third-order valence-electron chi connectivity index (χ3n) is 5.64. The molecule has 0 radical (unpaired) electrons. The van der Waals surface area contributed by atoms with Crippen LogP contribution in [0.2, 0.25) is 10.0 Å². The molecule has 0 aliphatic heterocycles. The van der Waals surface area contributed by atoms with Gasteiger partial charge in [0.2, 0.25) is 21.8 Å². The van der Waals surface area contributed by atoms with Crippen molar-refractivity contribution in [2.75, 3.05) is 23.7 Å². The van der Waals surface area contributed by atoms with Gasteiger partial charge in [-0.3, -0.25) is 13.9 Å². The number of carbonyl (C=O) groups excluding carboxylic acids is 2. The maximum Gasteiger partial charge on any atom is 0.242 e. The first kappa shape index (κ1) is 28.9. The Morgan fingerprint density at radius 2 is 1.74 bits per heavy atom. The number of benzene rings is 2. The summed E-state index contributed by atoms with van der Waals surface area (Å²) in [5, 5.41) is 3.88. The summed E-state index contributed by atoms with van der Waals surface area (Å²) < 4.78 is 26.3. The molecule has 0 saturated carbocycles. The van der Waals surface area contributed by atoms with Gasteiger partial charge < -0.3 is 10.2 Å². The molecule has 2 aromatic carbocycles. The lowest BCUT2D eigenvalue weighted by Crippen LogP contribution is -2.47. The molecule has 0 fully saturated rings. The Balaban J connectivity index is 2.18. The number of carbonyl (C=O) groups is 2. The molecule has 0 heterocycles. The first-order chi connectivity index (χ1) is 16.5. The van der Waals surface area contributed by atoms with E-state index in [1.54, 1.807) is 44.2 Å². The fourth-order valence-electron chi connectivity index (χ4n) is 3.61. The van der Waals surface area contributed by atoms with E-state index in [9.17, 15) is 18.0 Å². The van der Waals surface area contributed by atoms with E-state index in [1.165, 1.54) is 9.21 Å². The first-order valence-electron chi connectivity index (χ1n) is 11.5. The van der Waals surface area contributed by atoms with Crippen molar-refractivity contribution in [1.82, 2.24) is 10.2 Å². The molecule has 0 saturated heterocycles. The minimum Gasteiger partial charge on any atom is -0.354 e. The van der Waals surface area contributed by atoms with E-state index in [-0.39, 0.29) is 37.7 Å². The van der Waals surface area contributed by atoms with Crippen LogP contribution in [0.15, 0.2) is 42.5 Å². The summed E-state index contributed by atoms with van der Waals surface area (Å²) in [6.07, 6.45) is 2.26. The molecule has 0 aliphatic rings. The Morgan fingerprint density at radius 1 is 1.09 bits per heavy atom. The van der Waals surface area contributed by atoms with Gasteiger partial charge in [-0.2, -0.15) is 0 Å². The molecule has 0 spiro atoms. The molecule has 2 aromatic rings. The van der Waals surface area contributed by atoms with Crippen molar-refractivity contribution in [3.05, 3.63) is 63.6 Å². The molecule has 192 valence electrons. The van der Waals surface area contributed by atoms with Gasteiger partial charge in [0, 0.05) is 36.1 Å². The zero-order valence-electron chi connectivity index (χ0n) is 20.6. The van der Waals surface area contributed by atoms with E-state index < -0.39 is 16.1 Å². The monoisotopic (exact) mass is 541 g/mol. The number of anilines is 1. The van der Waals surface area contributed by atoms with Crippen LogP contribution in [-0.4, -0.2) is 50.5 Å². The summed E-state index contributed by atoms with van der Waals surface area (Å²) >= 11 is 12.2. The Labute approximate surface area is 218 Å². The van der Waals surface area contributed by atoms with Crippen molar-refractivity contribution in [2.24, 2.45) is 0 Å². The fourth-order valence-corrected chi connectivity index (χ4v) is 4.93. The van der Waals surface area contributed by atoms with Crippen molar-refractivity contribution < 1.29 is 18.0 Å². The predicted octanol–water partition coefficient (Wildman–Crippen LogP) is 4.79. The molecule has 0 aliphatic carbocycles. The average molecular weight is 543 g/mol. The number of halogens is 2. The van der Waals surface area contributed by atoms with Gasteiger partial charge >= 0.3 is 0 Å². The summed E-state index contributed by atoms with van der Waals surface area (Å²) in [6, 6.07) is 11.5. The number of sulfonamides is 1. The Hall–Kier alpha value is -2.29. The Kier molecular flexibility index (Phi) is 10.9. The molecule has 2 rings (SSSR count). The summed E-state index contributed by atoms with van der Waals surface area (Å²) in [5.41, 5.74) is 1.97. The Bertz CT molecular complexity index is 1120. The van der Waals surface area contributed by atoms with Gasteiger partial charge in [0.25, 0.3) is 0 Å². The molecular formula is C25H33Cl2N3O4S. The minimum atomic E-state index is -3.59. The van der Waals surface area contributed by atoms with E-state index in [0.717, 1.165) is 18.2 Å². The van der Waals surface area contributed by atoms with Crippen LogP contribution in [-0.2, 0) is 26.2 Å². The molecule has 35 heavy (non-hydrogen) atoms. The van der Waals surface area contributed by atoms with Gasteiger partial charge in [-0.1, -0.05) is 48.3 Å². The second kappa shape index (κ2) is 13.1. The number of nitrogens with one attached hydrogen (secondary N) is 1. The van der Waals surface area contributed by atoms with Gasteiger partial charge in [-0.15, -0.1) is 0 Å². The smallest absolute Gasteiger partial charge is 0.242 e. The van der Waals surface area contributed by atoms with Crippen LogP contribution in [0, 0.1) is 6.92 Å². The fraction of sp³-hybridized carbons (Fsp3) is 0.440. The van der Waals surface area contributed by atoms with Crippen molar-refractivity contribution in [3.8, 4) is 0 Å². The highest BCUT2D eigenvalue weighted by Gasteiger charge is 2.27. The van der Waals surface area contributed by atoms with E-state index >= 15 is 0 Å². The standard InChI is InChI=1S/C25H33Cl2N3O4S/c1-5-15-28-25(32)19(3)29(17-20-11-13-21(26)14-12-20)24(31)10-7-16-30(35(4,33)34)23-9-6-8-22(27)18(23)2/h6,8-9,11-14,19H,5,7,10,15-17H2,1-4H3,(H,28,32). The van der Waals surface area contributed by atoms with Gasteiger partial charge in [-0.05, 0) is 62.1 Å². The van der Waals surface area contributed by atoms with Crippen LogP contribution >= 0.6 is 23.2 Å². The average Bonchev–Trinajstić information content (AvgIpc) is 2.80. The van der Waals surface area contributed by atoms with Crippen molar-refractivity contribution in [3.63, 3.8) is 0 Å². The van der Waals surface area contributed by atoms with Crippen molar-refractivity contribution in [1.29, 1.82) is 0 Å². The maximum absolute atomic E-state index is 13.3. The number of hydrogen-bond acceptors (Lipinski definition) is 4. The topological polar surface area (TPSA) is 86.8 Å². The molecule has 1 atom stereocenters. The molecule has 2 amide bonds. The van der Waals surface area contributed by atoms with E-state index in [0.29, 0.717) is 27.8 Å². The minimum absolute atomic E-state index is 0.0740. The molecule has 10 heteroatoms. The van der Waals surface area contributed by atoms with Crippen LogP contribution in [0.4, 0.5) is 5.69 Å². The quantitative estimate of drug-likeness (QED) is 0.418. The van der Waals surface area contributed by atoms with Crippen LogP contribution in [0.25, 0.3) is 0 Å². The second-order valence-corrected chi connectivity index (χ2v) is 11.2. The molecular weight excluding hydrogens is 509 g/mol. The summed E-state index contributed by atoms with van der Waals surface area (Å²) in [4.78, 5) is 27.4. The third-order valence-corrected chi connectivity index (χ3v) is 7.48. The highest BCUT2D eigenvalue weighted by Crippen LogP contribution is 2.28. The maximum atomic E-state index is 13.3. The zero-order chi connectivity index (χ0) is 26.2. The van der Waals surface area contributed by atoms with Crippen molar-refractivity contribution in [2.45, 2.75) is 52.6 Å². The largest absolute Gasteiger partial charge is 0.354 e. The number of amides is 2. The molecule has 0 bridgehead atoms. The van der Waals surface area contributed by atoms with Crippen LogP contribution in [0.3, 0.4) is 0 Å². The lowest BCUT2D eigenvalue weighted by molar-refractivity contribution is -0.140. The third kappa shape index (κ3) is 8.40. The lowest BCUT2D eigenvalue weighted by atomic mass is 10.1. The molecule has 1 unspecified atom stereocenters. The number of nitrogens with zero attached hydrogens (tertiary/aromatic N) is 2. The van der Waals surface area contributed by atoms with Gasteiger partial charge in [0.1, 0.15) is 6.04 Å². The summed E-state index contributed by atoms with van der Waals surface area (Å²) in [7, 11) is -3.59. The highest BCUT2D eigenvalue weighted by atomic mass is 35.5. The van der Waals surface area contributed by atoms with E-state index in [2.05, 4.69) is 5.32 Å². The van der Waals surface area contributed by atoms with Gasteiger partial charge in [0.15, 0.2) is 0 Å². The van der Waals surface area contributed by atoms with Crippen molar-refractivity contribution >= 4 is 50.7 Å². The van der Waals surface area contributed by atoms with Crippen LogP contribution < -0.4 is 9.62 Å². The number of rotatable bonds is 12. The van der Waals surface area contributed by atoms with Crippen LogP contribution in [0.1, 0.15) is 44.2 Å². The number of hydrogen-bond donors (Lipinski definition) is 1. The summed E-state index contributed by atoms with van der Waals surface area (Å²) in [6.45, 7) is 6.27. The van der Waals surface area contributed by atoms with Gasteiger partial charge in [0.05, 0.1) is 11.9 Å².